The summed E-state index contributed by atoms with van der Waals surface area (Å²) in [5.74, 6) is -0.426. The normalized spacial score (nSPS) is 10.1. The van der Waals surface area contributed by atoms with Gasteiger partial charge in [0.25, 0.3) is 5.91 Å². The van der Waals surface area contributed by atoms with E-state index < -0.39 is 5.91 Å². The highest BCUT2D eigenvalue weighted by molar-refractivity contribution is 9.10. The van der Waals surface area contributed by atoms with Gasteiger partial charge in [-0.25, -0.2) is 9.75 Å². The molecule has 2 rings (SSSR count). The Kier molecular flexibility index (Phi) is 4.17. The number of benzene rings is 1. The molecule has 6 nitrogen and oxygen atoms in total. The van der Waals surface area contributed by atoms with Gasteiger partial charge in [-0.05, 0) is 18.2 Å². The number of halogens is 1. The summed E-state index contributed by atoms with van der Waals surface area (Å²) in [7, 11) is 2.85. The fourth-order valence-electron chi connectivity index (χ4n) is 1.67. The van der Waals surface area contributed by atoms with Crippen LogP contribution in [0.4, 0.5) is 0 Å². The smallest absolute Gasteiger partial charge is 0.274 e. The van der Waals surface area contributed by atoms with Crippen LogP contribution in [0.3, 0.4) is 0 Å². The molecule has 0 atom stereocenters. The minimum Gasteiger partial charge on any atom is -0.274 e. The van der Waals surface area contributed by atoms with Crippen LogP contribution >= 0.6 is 15.9 Å². The third-order valence-corrected chi connectivity index (χ3v) is 3.21. The molecular formula is C13H11BrN4O2. The molecule has 1 aromatic carbocycles. The van der Waals surface area contributed by atoms with E-state index in [4.69, 9.17) is 4.84 Å². The van der Waals surface area contributed by atoms with Gasteiger partial charge >= 0.3 is 0 Å². The van der Waals surface area contributed by atoms with Crippen molar-refractivity contribution >= 4 is 21.8 Å². The second kappa shape index (κ2) is 5.86. The number of nitriles is 1. The second-order valence-electron chi connectivity index (χ2n) is 3.90. The first-order valence-corrected chi connectivity index (χ1v) is 6.44. The number of amides is 1. The lowest BCUT2D eigenvalue weighted by atomic mass is 10.2. The third-order valence-electron chi connectivity index (χ3n) is 2.72. The Bertz CT molecular complexity index is 690. The minimum absolute atomic E-state index is 0.164. The van der Waals surface area contributed by atoms with Crippen LogP contribution in [0.5, 0.6) is 0 Å². The van der Waals surface area contributed by atoms with E-state index >= 15 is 0 Å². The first-order chi connectivity index (χ1) is 9.58. The fourth-order valence-corrected chi connectivity index (χ4v) is 2.06. The molecule has 0 fully saturated rings. The Labute approximate surface area is 124 Å². The van der Waals surface area contributed by atoms with Crippen LogP contribution in [0.2, 0.25) is 0 Å². The lowest BCUT2D eigenvalue weighted by Gasteiger charge is -2.12. The molecule has 0 aliphatic rings. The van der Waals surface area contributed by atoms with Crippen LogP contribution in [0, 0.1) is 11.3 Å². The predicted molar refractivity (Wildman–Crippen MR) is 75.1 cm³/mol. The van der Waals surface area contributed by atoms with Gasteiger partial charge in [0, 0.05) is 11.5 Å². The van der Waals surface area contributed by atoms with Crippen molar-refractivity contribution in [2.75, 3.05) is 14.2 Å². The molecule has 0 saturated heterocycles. The van der Waals surface area contributed by atoms with Crippen LogP contribution < -0.4 is 0 Å². The van der Waals surface area contributed by atoms with Gasteiger partial charge in [0.05, 0.1) is 24.6 Å². The largest absolute Gasteiger partial charge is 0.281 e. The molecule has 102 valence electrons. The summed E-state index contributed by atoms with van der Waals surface area (Å²) >= 11 is 3.36. The second-order valence-corrected chi connectivity index (χ2v) is 4.81. The minimum atomic E-state index is -0.426. The van der Waals surface area contributed by atoms with Crippen LogP contribution in [-0.4, -0.2) is 34.9 Å². The van der Waals surface area contributed by atoms with Crippen molar-refractivity contribution in [3.8, 4) is 11.8 Å². The highest BCUT2D eigenvalue weighted by Gasteiger charge is 2.21. The van der Waals surface area contributed by atoms with E-state index in [0.29, 0.717) is 5.69 Å². The number of hydroxylamine groups is 2. The van der Waals surface area contributed by atoms with Crippen molar-refractivity contribution in [3.63, 3.8) is 0 Å². The first-order valence-electron chi connectivity index (χ1n) is 5.64. The van der Waals surface area contributed by atoms with Crippen molar-refractivity contribution in [2.45, 2.75) is 0 Å². The summed E-state index contributed by atoms with van der Waals surface area (Å²) in [6.07, 6.45) is 1.36. The van der Waals surface area contributed by atoms with E-state index in [0.717, 1.165) is 9.54 Å². The Morgan fingerprint density at radius 3 is 2.90 bits per heavy atom. The molecular weight excluding hydrogens is 324 g/mol. The molecule has 0 spiro atoms. The number of hydrogen-bond acceptors (Lipinski definition) is 4. The van der Waals surface area contributed by atoms with Gasteiger partial charge in [0.15, 0.2) is 5.69 Å². The molecule has 0 aliphatic carbocycles. The number of hydrogen-bond donors (Lipinski definition) is 0. The monoisotopic (exact) mass is 334 g/mol. The zero-order valence-electron chi connectivity index (χ0n) is 10.9. The van der Waals surface area contributed by atoms with E-state index in [9.17, 15) is 10.1 Å². The molecule has 7 heteroatoms. The fraction of sp³-hybridized carbons (Fsp3) is 0.154. The maximum atomic E-state index is 12.1. The van der Waals surface area contributed by atoms with Crippen molar-refractivity contribution in [3.05, 3.63) is 46.2 Å². The summed E-state index contributed by atoms with van der Waals surface area (Å²) in [5.41, 5.74) is 1.05. The number of carbonyl (C=O) groups excluding carboxylic acids is 1. The van der Waals surface area contributed by atoms with Crippen LogP contribution in [0.1, 0.15) is 16.1 Å². The maximum absolute atomic E-state index is 12.1. The molecule has 1 heterocycles. The maximum Gasteiger partial charge on any atom is 0.281 e. The summed E-state index contributed by atoms with van der Waals surface area (Å²) < 4.78 is 2.28. The average molecular weight is 335 g/mol. The van der Waals surface area contributed by atoms with Crippen molar-refractivity contribution < 1.29 is 9.63 Å². The Hall–Kier alpha value is -2.17. The first kappa shape index (κ1) is 14.2. The van der Waals surface area contributed by atoms with Crippen LogP contribution in [-0.2, 0) is 4.84 Å². The average Bonchev–Trinajstić information content (AvgIpc) is 2.89. The highest BCUT2D eigenvalue weighted by Crippen LogP contribution is 2.19. The van der Waals surface area contributed by atoms with E-state index in [1.807, 2.05) is 24.3 Å². The Balaban J connectivity index is 2.51. The van der Waals surface area contributed by atoms with Gasteiger partial charge in [-0.15, -0.1) is 0 Å². The summed E-state index contributed by atoms with van der Waals surface area (Å²) in [6.45, 7) is 0. The SMILES string of the molecule is CON(C)C(=O)c1cnn(-c2cccc(Br)c2)c1C#N. The Morgan fingerprint density at radius 1 is 1.55 bits per heavy atom. The predicted octanol–water partition coefficient (Wildman–Crippen LogP) is 2.14. The van der Waals surface area contributed by atoms with Gasteiger partial charge in [0.1, 0.15) is 6.07 Å². The Morgan fingerprint density at radius 2 is 2.30 bits per heavy atom. The quantitative estimate of drug-likeness (QED) is 0.806. The van der Waals surface area contributed by atoms with Crippen molar-refractivity contribution in [1.29, 1.82) is 5.26 Å². The van der Waals surface area contributed by atoms with Gasteiger partial charge in [0.2, 0.25) is 0 Å². The molecule has 20 heavy (non-hydrogen) atoms. The van der Waals surface area contributed by atoms with Gasteiger partial charge in [-0.2, -0.15) is 10.4 Å². The van der Waals surface area contributed by atoms with E-state index in [2.05, 4.69) is 21.0 Å². The van der Waals surface area contributed by atoms with Crippen LogP contribution in [0.15, 0.2) is 34.9 Å². The van der Waals surface area contributed by atoms with E-state index in [1.165, 1.54) is 25.0 Å². The van der Waals surface area contributed by atoms with Crippen molar-refractivity contribution in [2.24, 2.45) is 0 Å². The topological polar surface area (TPSA) is 71.2 Å². The number of nitrogens with zero attached hydrogens (tertiary/aromatic N) is 4. The molecule has 2 aromatic rings. The van der Waals surface area contributed by atoms with Gasteiger partial charge in [-0.1, -0.05) is 22.0 Å². The lowest BCUT2D eigenvalue weighted by Crippen LogP contribution is -2.25. The zero-order valence-corrected chi connectivity index (χ0v) is 12.5. The van der Waals surface area contributed by atoms with Gasteiger partial charge < -0.3 is 0 Å². The molecule has 1 aromatic heterocycles. The van der Waals surface area contributed by atoms with Crippen LogP contribution in [0.25, 0.3) is 5.69 Å². The zero-order chi connectivity index (χ0) is 14.7. The molecule has 0 bridgehead atoms. The van der Waals surface area contributed by atoms with E-state index in [-0.39, 0.29) is 11.3 Å². The number of rotatable bonds is 3. The standard InChI is InChI=1S/C13H11BrN4O2/c1-17(20-2)13(19)11-8-16-18(12(11)7-15)10-5-3-4-9(14)6-10/h3-6,8H,1-2H3. The number of carbonyl (C=O) groups is 1. The molecule has 0 saturated carbocycles. The molecule has 0 unspecified atom stereocenters. The molecule has 0 radical (unpaired) electrons. The summed E-state index contributed by atoms with van der Waals surface area (Å²) in [6, 6.07) is 9.30. The lowest BCUT2D eigenvalue weighted by molar-refractivity contribution is -0.0757. The molecule has 1 amide bonds. The highest BCUT2D eigenvalue weighted by atomic mass is 79.9. The number of aromatic nitrogens is 2. The van der Waals surface area contributed by atoms with Gasteiger partial charge in [-0.3, -0.25) is 9.63 Å². The summed E-state index contributed by atoms with van der Waals surface area (Å²) in [5, 5.41) is 14.4. The van der Waals surface area contributed by atoms with Crippen molar-refractivity contribution in [1.82, 2.24) is 14.8 Å². The van der Waals surface area contributed by atoms with E-state index in [1.54, 1.807) is 6.07 Å². The molecule has 0 N–H and O–H groups in total. The third kappa shape index (κ3) is 2.57. The molecule has 0 aliphatic heterocycles. The summed E-state index contributed by atoms with van der Waals surface area (Å²) in [4.78, 5) is 16.9.